The first-order valence-corrected chi connectivity index (χ1v) is 6.13. The van der Waals surface area contributed by atoms with Crippen molar-refractivity contribution in [2.75, 3.05) is 11.4 Å². The van der Waals surface area contributed by atoms with Gasteiger partial charge in [0.1, 0.15) is 0 Å². The SMILES string of the molecule is CC(C(=O)O)c1cccc2c1N(C(C)C)CC2. The van der Waals surface area contributed by atoms with E-state index in [0.717, 1.165) is 24.2 Å². The fraction of sp³-hybridized carbons (Fsp3) is 0.500. The zero-order valence-electron chi connectivity index (χ0n) is 10.6. The van der Waals surface area contributed by atoms with Crippen LogP contribution in [-0.2, 0) is 11.2 Å². The molecule has 1 heterocycles. The second kappa shape index (κ2) is 4.40. The Labute approximate surface area is 102 Å². The predicted octanol–water partition coefficient (Wildman–Crippen LogP) is 2.65. The molecule has 17 heavy (non-hydrogen) atoms. The Morgan fingerprint density at radius 1 is 1.35 bits per heavy atom. The van der Waals surface area contributed by atoms with Crippen molar-refractivity contribution in [3.05, 3.63) is 29.3 Å². The topological polar surface area (TPSA) is 40.5 Å². The molecule has 0 fully saturated rings. The fourth-order valence-electron chi connectivity index (χ4n) is 2.51. The Morgan fingerprint density at radius 3 is 2.65 bits per heavy atom. The fourth-order valence-corrected chi connectivity index (χ4v) is 2.51. The summed E-state index contributed by atoms with van der Waals surface area (Å²) in [5.74, 6) is -1.20. The maximum absolute atomic E-state index is 11.2. The van der Waals surface area contributed by atoms with Gasteiger partial charge in [-0.1, -0.05) is 18.2 Å². The molecule has 3 nitrogen and oxygen atoms in total. The van der Waals surface area contributed by atoms with Gasteiger partial charge in [0.05, 0.1) is 5.92 Å². The van der Waals surface area contributed by atoms with Crippen LogP contribution >= 0.6 is 0 Å². The number of aliphatic carboxylic acids is 1. The van der Waals surface area contributed by atoms with Crippen LogP contribution in [0.25, 0.3) is 0 Å². The maximum Gasteiger partial charge on any atom is 0.310 e. The number of carboxylic acid groups (broad SMARTS) is 1. The number of carbonyl (C=O) groups is 1. The molecule has 0 aromatic heterocycles. The highest BCUT2D eigenvalue weighted by molar-refractivity contribution is 5.80. The normalized spacial score (nSPS) is 16.1. The summed E-state index contributed by atoms with van der Waals surface area (Å²) in [6, 6.07) is 6.43. The lowest BCUT2D eigenvalue weighted by Gasteiger charge is -2.27. The van der Waals surface area contributed by atoms with Crippen molar-refractivity contribution in [1.82, 2.24) is 0 Å². The van der Waals surface area contributed by atoms with Gasteiger partial charge in [-0.15, -0.1) is 0 Å². The standard InChI is InChI=1S/C14H19NO2/c1-9(2)15-8-7-11-5-4-6-12(13(11)15)10(3)14(16)17/h4-6,9-10H,7-8H2,1-3H3,(H,16,17). The minimum atomic E-state index is -0.756. The molecule has 0 spiro atoms. The molecule has 0 saturated heterocycles. The molecule has 1 atom stereocenters. The minimum absolute atomic E-state index is 0.415. The van der Waals surface area contributed by atoms with E-state index in [4.69, 9.17) is 0 Å². The molecule has 1 aromatic carbocycles. The number of para-hydroxylation sites is 1. The summed E-state index contributed by atoms with van der Waals surface area (Å²) in [5, 5.41) is 9.17. The van der Waals surface area contributed by atoms with Crippen LogP contribution in [0.15, 0.2) is 18.2 Å². The van der Waals surface area contributed by atoms with Gasteiger partial charge < -0.3 is 10.0 Å². The van der Waals surface area contributed by atoms with Gasteiger partial charge in [-0.2, -0.15) is 0 Å². The van der Waals surface area contributed by atoms with Crippen LogP contribution in [0.5, 0.6) is 0 Å². The third-order valence-corrected chi connectivity index (χ3v) is 3.52. The summed E-state index contributed by atoms with van der Waals surface area (Å²) in [7, 11) is 0. The average molecular weight is 233 g/mol. The van der Waals surface area contributed by atoms with Crippen molar-refractivity contribution in [2.24, 2.45) is 0 Å². The van der Waals surface area contributed by atoms with E-state index in [1.807, 2.05) is 12.1 Å². The molecule has 1 aliphatic rings. The van der Waals surface area contributed by atoms with Gasteiger partial charge >= 0.3 is 5.97 Å². The molecule has 0 bridgehead atoms. The van der Waals surface area contributed by atoms with Crippen molar-refractivity contribution in [3.63, 3.8) is 0 Å². The largest absolute Gasteiger partial charge is 0.481 e. The average Bonchev–Trinajstić information content (AvgIpc) is 2.71. The van der Waals surface area contributed by atoms with E-state index in [-0.39, 0.29) is 0 Å². The molecule has 3 heteroatoms. The van der Waals surface area contributed by atoms with Crippen LogP contribution in [-0.4, -0.2) is 23.7 Å². The van der Waals surface area contributed by atoms with Crippen LogP contribution in [0.1, 0.15) is 37.8 Å². The Hall–Kier alpha value is -1.51. The molecule has 92 valence electrons. The van der Waals surface area contributed by atoms with Gasteiger partial charge in [0.15, 0.2) is 0 Å². The summed E-state index contributed by atoms with van der Waals surface area (Å²) in [4.78, 5) is 13.5. The first-order valence-electron chi connectivity index (χ1n) is 6.13. The van der Waals surface area contributed by atoms with E-state index in [9.17, 15) is 9.90 Å². The smallest absolute Gasteiger partial charge is 0.310 e. The lowest BCUT2D eigenvalue weighted by molar-refractivity contribution is -0.138. The highest BCUT2D eigenvalue weighted by atomic mass is 16.4. The lowest BCUT2D eigenvalue weighted by Crippen LogP contribution is -2.29. The van der Waals surface area contributed by atoms with Gasteiger partial charge in [-0.3, -0.25) is 4.79 Å². The first kappa shape index (κ1) is 12.0. The van der Waals surface area contributed by atoms with Crippen molar-refractivity contribution in [3.8, 4) is 0 Å². The van der Waals surface area contributed by atoms with Crippen molar-refractivity contribution < 1.29 is 9.90 Å². The van der Waals surface area contributed by atoms with Crippen molar-refractivity contribution in [1.29, 1.82) is 0 Å². The maximum atomic E-state index is 11.2. The third kappa shape index (κ3) is 2.02. The molecule has 0 radical (unpaired) electrons. The van der Waals surface area contributed by atoms with Gasteiger partial charge in [0.2, 0.25) is 0 Å². The van der Waals surface area contributed by atoms with Gasteiger partial charge in [0.25, 0.3) is 0 Å². The predicted molar refractivity (Wildman–Crippen MR) is 68.7 cm³/mol. The van der Waals surface area contributed by atoms with Gasteiger partial charge in [-0.05, 0) is 38.3 Å². The number of benzene rings is 1. The highest BCUT2D eigenvalue weighted by Crippen LogP contribution is 2.37. The summed E-state index contributed by atoms with van der Waals surface area (Å²) in [5.41, 5.74) is 3.38. The van der Waals surface area contributed by atoms with E-state index in [1.54, 1.807) is 6.92 Å². The van der Waals surface area contributed by atoms with E-state index in [0.29, 0.717) is 6.04 Å². The second-order valence-corrected chi connectivity index (χ2v) is 4.95. The number of rotatable bonds is 3. The Kier molecular flexibility index (Phi) is 3.09. The molecule has 2 rings (SSSR count). The van der Waals surface area contributed by atoms with E-state index in [2.05, 4.69) is 24.8 Å². The molecule has 1 unspecified atom stereocenters. The van der Waals surface area contributed by atoms with Gasteiger partial charge in [0, 0.05) is 18.3 Å². The minimum Gasteiger partial charge on any atom is -0.481 e. The lowest BCUT2D eigenvalue weighted by atomic mass is 9.96. The molecular formula is C14H19NO2. The molecule has 1 aromatic rings. The molecule has 0 saturated carbocycles. The summed E-state index contributed by atoms with van der Waals surface area (Å²) < 4.78 is 0. The number of nitrogens with zero attached hydrogens (tertiary/aromatic N) is 1. The Morgan fingerprint density at radius 2 is 2.06 bits per heavy atom. The number of fused-ring (bicyclic) bond motifs is 1. The first-order chi connectivity index (χ1) is 8.02. The molecule has 1 aliphatic heterocycles. The summed E-state index contributed by atoms with van der Waals surface area (Å²) in [6.45, 7) is 7.06. The van der Waals surface area contributed by atoms with Crippen LogP contribution in [0.4, 0.5) is 5.69 Å². The van der Waals surface area contributed by atoms with Crippen molar-refractivity contribution >= 4 is 11.7 Å². The molecule has 0 amide bonds. The zero-order valence-corrected chi connectivity index (χ0v) is 10.6. The third-order valence-electron chi connectivity index (χ3n) is 3.52. The van der Waals surface area contributed by atoms with Crippen LogP contribution < -0.4 is 4.90 Å². The van der Waals surface area contributed by atoms with E-state index in [1.165, 1.54) is 5.56 Å². The Balaban J connectivity index is 2.49. The number of carboxylic acids is 1. The van der Waals surface area contributed by atoms with Crippen LogP contribution in [0.3, 0.4) is 0 Å². The monoisotopic (exact) mass is 233 g/mol. The number of hydrogen-bond donors (Lipinski definition) is 1. The quantitative estimate of drug-likeness (QED) is 0.872. The number of hydrogen-bond acceptors (Lipinski definition) is 2. The van der Waals surface area contributed by atoms with Gasteiger partial charge in [-0.25, -0.2) is 0 Å². The Bertz CT molecular complexity index is 440. The van der Waals surface area contributed by atoms with Crippen LogP contribution in [0, 0.1) is 0 Å². The van der Waals surface area contributed by atoms with E-state index < -0.39 is 11.9 Å². The van der Waals surface area contributed by atoms with Crippen LogP contribution in [0.2, 0.25) is 0 Å². The van der Waals surface area contributed by atoms with Crippen molar-refractivity contribution in [2.45, 2.75) is 39.2 Å². The molecular weight excluding hydrogens is 214 g/mol. The second-order valence-electron chi connectivity index (χ2n) is 4.95. The molecule has 0 aliphatic carbocycles. The zero-order chi connectivity index (χ0) is 12.6. The summed E-state index contributed by atoms with van der Waals surface area (Å²) in [6.07, 6.45) is 1.02. The summed E-state index contributed by atoms with van der Waals surface area (Å²) >= 11 is 0. The number of anilines is 1. The molecule has 1 N–H and O–H groups in total. The van der Waals surface area contributed by atoms with E-state index >= 15 is 0 Å². The highest BCUT2D eigenvalue weighted by Gasteiger charge is 2.27.